The summed E-state index contributed by atoms with van der Waals surface area (Å²) in [7, 11) is 1.65. The van der Waals surface area contributed by atoms with Crippen molar-refractivity contribution in [1.29, 1.82) is 0 Å². The van der Waals surface area contributed by atoms with E-state index in [1.807, 2.05) is 31.2 Å². The van der Waals surface area contributed by atoms with Crippen LogP contribution in [0, 0.1) is 0 Å². The van der Waals surface area contributed by atoms with E-state index in [1.165, 1.54) is 0 Å². The van der Waals surface area contributed by atoms with Gasteiger partial charge in [-0.05, 0) is 24.6 Å². The number of nitrogens with zero attached hydrogens (tertiary/aromatic N) is 2. The third-order valence-electron chi connectivity index (χ3n) is 2.76. The summed E-state index contributed by atoms with van der Waals surface area (Å²) in [6.07, 6.45) is 3.21. The number of hydrazine groups is 1. The van der Waals surface area contributed by atoms with Crippen molar-refractivity contribution in [2.75, 3.05) is 17.9 Å². The fourth-order valence-electron chi connectivity index (χ4n) is 1.70. The SMILES string of the molecule is COc1ccc(C(C)Nc2cncc(NN)n2)cc1. The Bertz CT molecular complexity index is 529. The Morgan fingerprint density at radius 3 is 2.47 bits per heavy atom. The molecule has 1 aromatic heterocycles. The van der Waals surface area contributed by atoms with E-state index in [0.717, 1.165) is 11.3 Å². The molecule has 0 aliphatic carbocycles. The van der Waals surface area contributed by atoms with Gasteiger partial charge >= 0.3 is 0 Å². The Morgan fingerprint density at radius 2 is 1.84 bits per heavy atom. The van der Waals surface area contributed by atoms with Crippen molar-refractivity contribution in [1.82, 2.24) is 9.97 Å². The van der Waals surface area contributed by atoms with E-state index in [0.29, 0.717) is 11.6 Å². The molecule has 0 amide bonds. The molecule has 4 N–H and O–H groups in total. The molecule has 6 heteroatoms. The van der Waals surface area contributed by atoms with Gasteiger partial charge in [0.25, 0.3) is 0 Å². The van der Waals surface area contributed by atoms with Crippen molar-refractivity contribution < 1.29 is 4.74 Å². The molecule has 0 spiro atoms. The standard InChI is InChI=1S/C13H17N5O/c1-9(10-3-5-11(19-2)6-4-10)16-12-7-15-8-13(17-12)18-14/h3-9H,14H2,1-2H3,(H2,16,17,18). The van der Waals surface area contributed by atoms with Crippen LogP contribution in [-0.2, 0) is 0 Å². The fourth-order valence-corrected chi connectivity index (χ4v) is 1.70. The molecule has 0 saturated heterocycles. The van der Waals surface area contributed by atoms with Gasteiger partial charge in [-0.2, -0.15) is 0 Å². The maximum absolute atomic E-state index is 5.30. The van der Waals surface area contributed by atoms with E-state index in [-0.39, 0.29) is 6.04 Å². The Kier molecular flexibility index (Phi) is 4.15. The van der Waals surface area contributed by atoms with Gasteiger partial charge in [-0.15, -0.1) is 0 Å². The highest BCUT2D eigenvalue weighted by Gasteiger charge is 2.07. The van der Waals surface area contributed by atoms with Gasteiger partial charge in [-0.1, -0.05) is 12.1 Å². The van der Waals surface area contributed by atoms with Gasteiger partial charge in [0.15, 0.2) is 5.82 Å². The first-order chi connectivity index (χ1) is 9.22. The topological polar surface area (TPSA) is 85.1 Å². The third kappa shape index (κ3) is 3.32. The lowest BCUT2D eigenvalue weighted by Crippen LogP contribution is -2.12. The van der Waals surface area contributed by atoms with Crippen molar-refractivity contribution in [2.24, 2.45) is 5.84 Å². The maximum atomic E-state index is 5.30. The van der Waals surface area contributed by atoms with Crippen molar-refractivity contribution in [3.8, 4) is 5.75 Å². The summed E-state index contributed by atoms with van der Waals surface area (Å²) in [4.78, 5) is 8.30. The van der Waals surface area contributed by atoms with E-state index in [2.05, 4.69) is 20.7 Å². The first kappa shape index (κ1) is 13.1. The second-order valence-corrected chi connectivity index (χ2v) is 4.07. The summed E-state index contributed by atoms with van der Waals surface area (Å²) in [6.45, 7) is 2.05. The predicted molar refractivity (Wildman–Crippen MR) is 74.9 cm³/mol. The normalized spacial score (nSPS) is 11.7. The Balaban J connectivity index is 2.08. The lowest BCUT2D eigenvalue weighted by molar-refractivity contribution is 0.414. The summed E-state index contributed by atoms with van der Waals surface area (Å²) in [5, 5.41) is 3.26. The lowest BCUT2D eigenvalue weighted by Gasteiger charge is -2.15. The first-order valence-corrected chi connectivity index (χ1v) is 5.92. The summed E-state index contributed by atoms with van der Waals surface area (Å²) in [5.41, 5.74) is 3.60. The summed E-state index contributed by atoms with van der Waals surface area (Å²) >= 11 is 0. The van der Waals surface area contributed by atoms with Gasteiger partial charge in [0.1, 0.15) is 11.6 Å². The minimum Gasteiger partial charge on any atom is -0.497 e. The largest absolute Gasteiger partial charge is 0.497 e. The monoisotopic (exact) mass is 259 g/mol. The molecule has 1 aromatic carbocycles. The van der Waals surface area contributed by atoms with Crippen LogP contribution in [0.3, 0.4) is 0 Å². The van der Waals surface area contributed by atoms with E-state index >= 15 is 0 Å². The second-order valence-electron chi connectivity index (χ2n) is 4.07. The van der Waals surface area contributed by atoms with Gasteiger partial charge < -0.3 is 15.5 Å². The molecule has 2 aromatic rings. The number of methoxy groups -OCH3 is 1. The predicted octanol–water partition coefficient (Wildman–Crippen LogP) is 1.94. The molecule has 2 rings (SSSR count). The smallest absolute Gasteiger partial charge is 0.160 e. The fraction of sp³-hybridized carbons (Fsp3) is 0.231. The highest BCUT2D eigenvalue weighted by molar-refractivity contribution is 5.43. The van der Waals surface area contributed by atoms with Crippen LogP contribution in [0.15, 0.2) is 36.7 Å². The number of aromatic nitrogens is 2. The molecule has 0 aliphatic rings. The van der Waals surface area contributed by atoms with Gasteiger partial charge in [0, 0.05) is 6.04 Å². The summed E-state index contributed by atoms with van der Waals surface area (Å²) in [6, 6.07) is 7.98. The number of hydrogen-bond acceptors (Lipinski definition) is 6. The Morgan fingerprint density at radius 1 is 1.16 bits per heavy atom. The zero-order chi connectivity index (χ0) is 13.7. The van der Waals surface area contributed by atoms with Crippen LogP contribution < -0.4 is 21.3 Å². The molecular formula is C13H17N5O. The molecule has 0 fully saturated rings. The Hall–Kier alpha value is -2.34. The zero-order valence-corrected chi connectivity index (χ0v) is 10.9. The second kappa shape index (κ2) is 6.01. The Labute approximate surface area is 112 Å². The number of rotatable bonds is 5. The van der Waals surface area contributed by atoms with Crippen molar-refractivity contribution in [3.63, 3.8) is 0 Å². The van der Waals surface area contributed by atoms with Crippen molar-refractivity contribution in [2.45, 2.75) is 13.0 Å². The minimum absolute atomic E-state index is 0.105. The first-order valence-electron chi connectivity index (χ1n) is 5.92. The van der Waals surface area contributed by atoms with Gasteiger partial charge in [0.05, 0.1) is 19.5 Å². The molecule has 0 saturated carbocycles. The van der Waals surface area contributed by atoms with E-state index < -0.39 is 0 Å². The number of nitrogens with two attached hydrogens (primary N) is 1. The number of benzene rings is 1. The van der Waals surface area contributed by atoms with E-state index in [9.17, 15) is 0 Å². The lowest BCUT2D eigenvalue weighted by atomic mass is 10.1. The molecule has 100 valence electrons. The van der Waals surface area contributed by atoms with Crippen LogP contribution in [0.2, 0.25) is 0 Å². The van der Waals surface area contributed by atoms with Crippen LogP contribution in [0.4, 0.5) is 11.6 Å². The van der Waals surface area contributed by atoms with Crippen molar-refractivity contribution >= 4 is 11.6 Å². The van der Waals surface area contributed by atoms with Crippen LogP contribution in [0.25, 0.3) is 0 Å². The number of anilines is 2. The summed E-state index contributed by atoms with van der Waals surface area (Å²) < 4.78 is 5.13. The molecule has 6 nitrogen and oxygen atoms in total. The molecule has 1 heterocycles. The molecule has 19 heavy (non-hydrogen) atoms. The maximum Gasteiger partial charge on any atom is 0.160 e. The van der Waals surface area contributed by atoms with E-state index in [1.54, 1.807) is 19.5 Å². The third-order valence-corrected chi connectivity index (χ3v) is 2.76. The average Bonchev–Trinajstić information content (AvgIpc) is 2.47. The van der Waals surface area contributed by atoms with Crippen LogP contribution >= 0.6 is 0 Å². The quantitative estimate of drug-likeness (QED) is 0.562. The molecule has 0 bridgehead atoms. The van der Waals surface area contributed by atoms with E-state index in [4.69, 9.17) is 10.6 Å². The van der Waals surface area contributed by atoms with Gasteiger partial charge in [-0.3, -0.25) is 4.98 Å². The molecule has 0 aliphatic heterocycles. The van der Waals surface area contributed by atoms with Crippen LogP contribution in [-0.4, -0.2) is 17.1 Å². The highest BCUT2D eigenvalue weighted by atomic mass is 16.5. The molecular weight excluding hydrogens is 242 g/mol. The molecule has 1 unspecified atom stereocenters. The number of nitrogen functional groups attached to an aromatic ring is 1. The summed E-state index contributed by atoms with van der Waals surface area (Å²) in [5.74, 6) is 7.32. The number of ether oxygens (including phenoxy) is 1. The number of nitrogens with one attached hydrogen (secondary N) is 2. The minimum atomic E-state index is 0.105. The number of hydrogen-bond donors (Lipinski definition) is 3. The molecule has 0 radical (unpaired) electrons. The average molecular weight is 259 g/mol. The highest BCUT2D eigenvalue weighted by Crippen LogP contribution is 2.20. The van der Waals surface area contributed by atoms with Crippen molar-refractivity contribution in [3.05, 3.63) is 42.2 Å². The van der Waals surface area contributed by atoms with Crippen LogP contribution in [0.1, 0.15) is 18.5 Å². The molecule has 1 atom stereocenters. The van der Waals surface area contributed by atoms with Gasteiger partial charge in [-0.25, -0.2) is 10.8 Å². The zero-order valence-electron chi connectivity index (χ0n) is 10.9. The van der Waals surface area contributed by atoms with Gasteiger partial charge in [0.2, 0.25) is 0 Å². The van der Waals surface area contributed by atoms with Crippen LogP contribution in [0.5, 0.6) is 5.75 Å².